The molecule has 1 amide bonds. The highest BCUT2D eigenvalue weighted by atomic mass is 16.5. The molecule has 5 nitrogen and oxygen atoms in total. The lowest BCUT2D eigenvalue weighted by Gasteiger charge is -2.34. The molecule has 0 aromatic heterocycles. The van der Waals surface area contributed by atoms with E-state index in [9.17, 15) is 4.79 Å². The van der Waals surface area contributed by atoms with Crippen LogP contribution in [0.2, 0.25) is 0 Å². The Morgan fingerprint density at radius 2 is 1.84 bits per heavy atom. The molecule has 2 rings (SSSR count). The molecule has 2 atom stereocenters. The highest BCUT2D eigenvalue weighted by molar-refractivity contribution is 5.78. The number of methoxy groups -OCH3 is 1. The van der Waals surface area contributed by atoms with Crippen LogP contribution in [0.3, 0.4) is 0 Å². The molecule has 0 bridgehead atoms. The van der Waals surface area contributed by atoms with Gasteiger partial charge < -0.3 is 19.7 Å². The van der Waals surface area contributed by atoms with Crippen molar-refractivity contribution >= 4 is 5.91 Å². The summed E-state index contributed by atoms with van der Waals surface area (Å²) >= 11 is 0. The summed E-state index contributed by atoms with van der Waals surface area (Å²) in [6.07, 6.45) is 1.01. The van der Waals surface area contributed by atoms with Crippen LogP contribution in [0.15, 0.2) is 24.3 Å². The van der Waals surface area contributed by atoms with Gasteiger partial charge in [0, 0.05) is 24.5 Å². The lowest BCUT2D eigenvalue weighted by molar-refractivity contribution is -0.142. The summed E-state index contributed by atoms with van der Waals surface area (Å²) < 4.78 is 11.3. The van der Waals surface area contributed by atoms with Gasteiger partial charge in [0.25, 0.3) is 0 Å². The van der Waals surface area contributed by atoms with Crippen molar-refractivity contribution in [2.24, 2.45) is 0 Å². The van der Waals surface area contributed by atoms with Crippen molar-refractivity contribution in [3.05, 3.63) is 29.8 Å². The Morgan fingerprint density at radius 3 is 2.40 bits per heavy atom. The van der Waals surface area contributed by atoms with E-state index in [0.29, 0.717) is 5.92 Å². The minimum absolute atomic E-state index is 0.00673. The first-order valence-electron chi connectivity index (χ1n) is 9.21. The van der Waals surface area contributed by atoms with Crippen molar-refractivity contribution in [3.63, 3.8) is 0 Å². The number of rotatable bonds is 7. The molecule has 1 saturated heterocycles. The number of carbonyl (C=O) groups excluding carboxylic acids is 1. The Labute approximate surface area is 151 Å². The van der Waals surface area contributed by atoms with Crippen molar-refractivity contribution in [1.82, 2.24) is 10.2 Å². The van der Waals surface area contributed by atoms with Crippen LogP contribution in [0, 0.1) is 0 Å². The van der Waals surface area contributed by atoms with E-state index in [2.05, 4.69) is 17.4 Å². The second-order valence-corrected chi connectivity index (χ2v) is 7.21. The summed E-state index contributed by atoms with van der Waals surface area (Å²) in [5.41, 5.74) is 1.24. The van der Waals surface area contributed by atoms with Gasteiger partial charge in [0.2, 0.25) is 5.91 Å². The van der Waals surface area contributed by atoms with Crippen molar-refractivity contribution in [3.8, 4) is 5.75 Å². The van der Waals surface area contributed by atoms with E-state index in [1.807, 2.05) is 44.7 Å². The molecular weight excluding hydrogens is 316 g/mol. The van der Waals surface area contributed by atoms with E-state index in [4.69, 9.17) is 9.47 Å². The summed E-state index contributed by atoms with van der Waals surface area (Å²) in [5.74, 6) is 1.21. The number of amides is 1. The van der Waals surface area contributed by atoms with Gasteiger partial charge in [-0.25, -0.2) is 0 Å². The number of nitrogens with one attached hydrogen (secondary N) is 1. The standard InChI is InChI=1S/C20H32N2O3/c1-14(2)22(15(3)4)20(23)13-25-19-12-21-11-10-18(19)16-6-8-17(24-5)9-7-16/h6-9,14-15,18-19,21H,10-13H2,1-5H3/t18?,19-/m1/s1. The summed E-state index contributed by atoms with van der Waals surface area (Å²) in [6.45, 7) is 10.0. The first kappa shape index (κ1) is 19.7. The molecule has 0 saturated carbocycles. The summed E-state index contributed by atoms with van der Waals surface area (Å²) in [7, 11) is 1.67. The van der Waals surface area contributed by atoms with Crippen LogP contribution in [-0.2, 0) is 9.53 Å². The fourth-order valence-electron chi connectivity index (χ4n) is 3.66. The maximum Gasteiger partial charge on any atom is 0.249 e. The quantitative estimate of drug-likeness (QED) is 0.823. The third-order valence-corrected chi connectivity index (χ3v) is 4.79. The predicted molar refractivity (Wildman–Crippen MR) is 100 cm³/mol. The van der Waals surface area contributed by atoms with Crippen LogP contribution in [-0.4, -0.2) is 55.8 Å². The monoisotopic (exact) mass is 348 g/mol. The second-order valence-electron chi connectivity index (χ2n) is 7.21. The molecule has 1 heterocycles. The molecule has 1 aromatic carbocycles. The Kier molecular flexibility index (Phi) is 7.26. The Hall–Kier alpha value is -1.59. The van der Waals surface area contributed by atoms with E-state index >= 15 is 0 Å². The van der Waals surface area contributed by atoms with Gasteiger partial charge in [-0.2, -0.15) is 0 Å². The van der Waals surface area contributed by atoms with Crippen molar-refractivity contribution in [2.75, 3.05) is 26.8 Å². The number of benzene rings is 1. The Morgan fingerprint density at radius 1 is 1.20 bits per heavy atom. The van der Waals surface area contributed by atoms with E-state index in [-0.39, 0.29) is 30.7 Å². The van der Waals surface area contributed by atoms with Crippen LogP contribution in [0.5, 0.6) is 5.75 Å². The Balaban J connectivity index is 2.01. The zero-order valence-corrected chi connectivity index (χ0v) is 16.1. The molecule has 25 heavy (non-hydrogen) atoms. The van der Waals surface area contributed by atoms with Crippen LogP contribution in [0.25, 0.3) is 0 Å². The number of nitrogens with zero attached hydrogens (tertiary/aromatic N) is 1. The van der Waals surface area contributed by atoms with Gasteiger partial charge in [-0.1, -0.05) is 12.1 Å². The predicted octanol–water partition coefficient (Wildman–Crippen LogP) is 2.80. The van der Waals surface area contributed by atoms with Crippen LogP contribution in [0.4, 0.5) is 0 Å². The summed E-state index contributed by atoms with van der Waals surface area (Å²) in [4.78, 5) is 14.4. The topological polar surface area (TPSA) is 50.8 Å². The second kappa shape index (κ2) is 9.20. The third kappa shape index (κ3) is 5.19. The minimum atomic E-state index is 0.00673. The van der Waals surface area contributed by atoms with Crippen LogP contribution < -0.4 is 10.1 Å². The highest BCUT2D eigenvalue weighted by Gasteiger charge is 2.29. The fourth-order valence-corrected chi connectivity index (χ4v) is 3.66. The SMILES string of the molecule is COc1ccc(C2CCNC[C@H]2OCC(=O)N(C(C)C)C(C)C)cc1. The molecular formula is C20H32N2O3. The number of ether oxygens (including phenoxy) is 2. The largest absolute Gasteiger partial charge is 0.497 e. The van der Waals surface area contributed by atoms with Crippen LogP contribution in [0.1, 0.15) is 45.6 Å². The van der Waals surface area contributed by atoms with E-state index in [0.717, 1.165) is 25.3 Å². The van der Waals surface area contributed by atoms with Gasteiger partial charge in [-0.15, -0.1) is 0 Å². The maximum absolute atomic E-state index is 12.6. The molecule has 5 heteroatoms. The number of hydrogen-bond acceptors (Lipinski definition) is 4. The van der Waals surface area contributed by atoms with Gasteiger partial charge >= 0.3 is 0 Å². The van der Waals surface area contributed by atoms with E-state index in [1.54, 1.807) is 7.11 Å². The molecule has 1 aliphatic rings. The molecule has 1 unspecified atom stereocenters. The lowest BCUT2D eigenvalue weighted by Crippen LogP contribution is -2.46. The molecule has 1 N–H and O–H groups in total. The van der Waals surface area contributed by atoms with Crippen molar-refractivity contribution < 1.29 is 14.3 Å². The molecule has 0 aliphatic carbocycles. The molecule has 140 valence electrons. The van der Waals surface area contributed by atoms with Gasteiger partial charge in [-0.3, -0.25) is 4.79 Å². The zero-order chi connectivity index (χ0) is 18.4. The first-order chi connectivity index (χ1) is 11.9. The molecule has 1 fully saturated rings. The first-order valence-corrected chi connectivity index (χ1v) is 9.21. The zero-order valence-electron chi connectivity index (χ0n) is 16.1. The smallest absolute Gasteiger partial charge is 0.249 e. The van der Waals surface area contributed by atoms with Crippen molar-refractivity contribution in [2.45, 2.75) is 58.2 Å². The average molecular weight is 348 g/mol. The fraction of sp³-hybridized carbons (Fsp3) is 0.650. The summed E-state index contributed by atoms with van der Waals surface area (Å²) in [5, 5.41) is 3.38. The number of carbonyl (C=O) groups is 1. The highest BCUT2D eigenvalue weighted by Crippen LogP contribution is 2.29. The van der Waals surface area contributed by atoms with Crippen LogP contribution >= 0.6 is 0 Å². The molecule has 0 spiro atoms. The van der Waals surface area contributed by atoms with Gasteiger partial charge in [0.05, 0.1) is 13.2 Å². The third-order valence-electron chi connectivity index (χ3n) is 4.79. The molecule has 1 aliphatic heterocycles. The molecule has 1 aromatic rings. The number of hydrogen-bond donors (Lipinski definition) is 1. The summed E-state index contributed by atoms with van der Waals surface area (Å²) in [6, 6.07) is 8.52. The normalized spacial score (nSPS) is 20.8. The van der Waals surface area contributed by atoms with Gasteiger partial charge in [-0.05, 0) is 58.4 Å². The van der Waals surface area contributed by atoms with E-state index < -0.39 is 0 Å². The number of piperidine rings is 1. The van der Waals surface area contributed by atoms with Gasteiger partial charge in [0.15, 0.2) is 0 Å². The molecule has 0 radical (unpaired) electrons. The van der Waals surface area contributed by atoms with Gasteiger partial charge in [0.1, 0.15) is 12.4 Å². The lowest BCUT2D eigenvalue weighted by atomic mass is 9.87. The minimum Gasteiger partial charge on any atom is -0.497 e. The maximum atomic E-state index is 12.6. The van der Waals surface area contributed by atoms with E-state index in [1.165, 1.54) is 5.56 Å². The Bertz CT molecular complexity index is 534. The van der Waals surface area contributed by atoms with Crippen molar-refractivity contribution in [1.29, 1.82) is 0 Å². The average Bonchev–Trinajstić information content (AvgIpc) is 2.59.